The van der Waals surface area contributed by atoms with Crippen molar-refractivity contribution in [3.05, 3.63) is 96.1 Å². The van der Waals surface area contributed by atoms with Crippen molar-refractivity contribution < 1.29 is 32.2 Å². The van der Waals surface area contributed by atoms with E-state index in [9.17, 15) is 18.0 Å². The van der Waals surface area contributed by atoms with E-state index in [1.165, 1.54) is 28.6 Å². The first-order valence-electron chi connectivity index (χ1n) is 15.3. The van der Waals surface area contributed by atoms with Gasteiger partial charge in [-0.25, -0.2) is 8.42 Å². The lowest BCUT2D eigenvalue weighted by Crippen LogP contribution is -2.52. The first-order chi connectivity index (χ1) is 21.7. The maximum absolute atomic E-state index is 13.8. The fourth-order valence-corrected chi connectivity index (χ4v) is 6.33. The van der Waals surface area contributed by atoms with Crippen molar-refractivity contribution in [1.29, 1.82) is 0 Å². The second-order valence-corrected chi connectivity index (χ2v) is 13.0. The summed E-state index contributed by atoms with van der Waals surface area (Å²) >= 11 is 0. The van der Waals surface area contributed by atoms with Gasteiger partial charge in [0.25, 0.3) is 5.91 Å². The van der Waals surface area contributed by atoms with Crippen LogP contribution in [-0.4, -0.2) is 87.6 Å². The minimum atomic E-state index is -3.65. The lowest BCUT2D eigenvalue weighted by molar-refractivity contribution is -0.142. The predicted molar refractivity (Wildman–Crippen MR) is 171 cm³/mol. The molecular weight excluding hydrogens is 594 g/mol. The number of sulfonamides is 1. The van der Waals surface area contributed by atoms with E-state index in [1.807, 2.05) is 74.5 Å². The summed E-state index contributed by atoms with van der Waals surface area (Å²) in [5.74, 6) is -0.286. The lowest BCUT2D eigenvalue weighted by atomic mass is 10.0. The van der Waals surface area contributed by atoms with Crippen LogP contribution in [0.3, 0.4) is 0 Å². The summed E-state index contributed by atoms with van der Waals surface area (Å²) in [6.07, 6.45) is 1.08. The molecule has 1 fully saturated rings. The predicted octanol–water partition coefficient (Wildman–Crippen LogP) is 3.66. The van der Waals surface area contributed by atoms with Gasteiger partial charge in [-0.15, -0.1) is 0 Å². The molecule has 1 aliphatic heterocycles. The van der Waals surface area contributed by atoms with Crippen LogP contribution in [0.25, 0.3) is 0 Å². The van der Waals surface area contributed by atoms with E-state index in [4.69, 9.17) is 14.2 Å². The Morgan fingerprint density at radius 1 is 0.911 bits per heavy atom. The third-order valence-electron chi connectivity index (χ3n) is 7.33. The molecule has 3 aromatic carbocycles. The first-order valence-corrected chi connectivity index (χ1v) is 16.8. The highest BCUT2D eigenvalue weighted by atomic mass is 32.2. The molecule has 0 aliphatic carbocycles. The zero-order valence-electron chi connectivity index (χ0n) is 26.0. The molecule has 45 heavy (non-hydrogen) atoms. The average Bonchev–Trinajstić information content (AvgIpc) is 3.06. The fraction of sp³-hybridized carbons (Fsp3) is 0.412. The normalized spacial score (nSPS) is 14.6. The monoisotopic (exact) mass is 637 g/mol. The van der Waals surface area contributed by atoms with Gasteiger partial charge in [-0.1, -0.05) is 60.7 Å². The van der Waals surface area contributed by atoms with Crippen molar-refractivity contribution in [2.75, 3.05) is 46.1 Å². The van der Waals surface area contributed by atoms with E-state index >= 15 is 0 Å². The van der Waals surface area contributed by atoms with Crippen LogP contribution < -0.4 is 10.1 Å². The zero-order valence-corrected chi connectivity index (χ0v) is 26.8. The Hall–Kier alpha value is -3.77. The largest absolute Gasteiger partial charge is 0.484 e. The van der Waals surface area contributed by atoms with Gasteiger partial charge >= 0.3 is 0 Å². The SMILES string of the molecule is CC(C)OCCCNC(=O)[C@@H](Cc1ccccc1)N(Cc1ccccc1)C(=O)COc1ccc(S(=O)(=O)N2CCOCC2)cc1. The third-order valence-corrected chi connectivity index (χ3v) is 9.25. The van der Waals surface area contributed by atoms with E-state index in [-0.39, 0.29) is 36.0 Å². The molecule has 0 spiro atoms. The fourth-order valence-electron chi connectivity index (χ4n) is 4.93. The van der Waals surface area contributed by atoms with Gasteiger partial charge in [0, 0.05) is 39.2 Å². The molecule has 0 unspecified atom stereocenters. The minimum absolute atomic E-state index is 0.107. The Labute approximate surface area is 266 Å². The van der Waals surface area contributed by atoms with Gasteiger partial charge in [-0.3, -0.25) is 9.59 Å². The van der Waals surface area contributed by atoms with E-state index in [1.54, 1.807) is 4.90 Å². The topological polar surface area (TPSA) is 114 Å². The highest BCUT2D eigenvalue weighted by molar-refractivity contribution is 7.89. The van der Waals surface area contributed by atoms with Crippen molar-refractivity contribution in [2.24, 2.45) is 0 Å². The molecule has 1 N–H and O–H groups in total. The van der Waals surface area contributed by atoms with Gasteiger partial charge in [0.2, 0.25) is 15.9 Å². The summed E-state index contributed by atoms with van der Waals surface area (Å²) in [5.41, 5.74) is 1.80. The molecule has 3 aromatic rings. The molecule has 1 heterocycles. The van der Waals surface area contributed by atoms with Crippen LogP contribution in [0.1, 0.15) is 31.4 Å². The molecule has 4 rings (SSSR count). The zero-order chi connectivity index (χ0) is 32.1. The molecule has 242 valence electrons. The molecule has 0 bridgehead atoms. The Morgan fingerprint density at radius 3 is 2.16 bits per heavy atom. The molecule has 2 amide bonds. The number of carbonyl (C=O) groups excluding carboxylic acids is 2. The number of carbonyl (C=O) groups is 2. The quantitative estimate of drug-likeness (QED) is 0.239. The van der Waals surface area contributed by atoms with Crippen molar-refractivity contribution in [3.63, 3.8) is 0 Å². The van der Waals surface area contributed by atoms with Crippen LogP contribution in [0.4, 0.5) is 0 Å². The van der Waals surface area contributed by atoms with Crippen LogP contribution >= 0.6 is 0 Å². The number of rotatable bonds is 16. The standard InChI is InChI=1S/C34H43N3O7S/c1-27(2)43-21-9-18-35-34(39)32(24-28-10-5-3-6-11-28)37(25-29-12-7-4-8-13-29)33(38)26-44-30-14-16-31(17-15-30)45(40,41)36-19-22-42-23-20-36/h3-8,10-17,27,32H,9,18-26H2,1-2H3,(H,35,39)/t32-/m1/s1. The third kappa shape index (κ3) is 10.4. The van der Waals surface area contributed by atoms with Crippen LogP contribution in [0, 0.1) is 0 Å². The molecular formula is C34H43N3O7S. The lowest BCUT2D eigenvalue weighted by Gasteiger charge is -2.31. The van der Waals surface area contributed by atoms with E-state index in [0.29, 0.717) is 58.0 Å². The number of morpholine rings is 1. The van der Waals surface area contributed by atoms with Crippen LogP contribution in [0.5, 0.6) is 5.75 Å². The van der Waals surface area contributed by atoms with Gasteiger partial charge in [-0.05, 0) is 55.7 Å². The molecule has 1 atom stereocenters. The molecule has 1 saturated heterocycles. The molecule has 0 saturated carbocycles. The number of benzene rings is 3. The highest BCUT2D eigenvalue weighted by Gasteiger charge is 2.31. The van der Waals surface area contributed by atoms with Crippen molar-refractivity contribution in [2.45, 2.75) is 50.3 Å². The summed E-state index contributed by atoms with van der Waals surface area (Å²) in [7, 11) is -3.65. The number of hydrogen-bond acceptors (Lipinski definition) is 7. The molecule has 10 nitrogen and oxygen atoms in total. The Kier molecular flexibility index (Phi) is 12.9. The Balaban J connectivity index is 1.49. The number of ether oxygens (including phenoxy) is 3. The molecule has 1 aliphatic rings. The van der Waals surface area contributed by atoms with Gasteiger partial charge in [0.05, 0.1) is 24.2 Å². The second kappa shape index (κ2) is 17.1. The summed E-state index contributed by atoms with van der Waals surface area (Å²) in [6, 6.07) is 24.3. The maximum Gasteiger partial charge on any atom is 0.261 e. The highest BCUT2D eigenvalue weighted by Crippen LogP contribution is 2.21. The number of amides is 2. The molecule has 0 aromatic heterocycles. The number of nitrogens with zero attached hydrogens (tertiary/aromatic N) is 2. The Morgan fingerprint density at radius 2 is 1.53 bits per heavy atom. The summed E-state index contributed by atoms with van der Waals surface area (Å²) in [4.78, 5) is 29.2. The number of nitrogens with one attached hydrogen (secondary N) is 1. The van der Waals surface area contributed by atoms with Gasteiger partial charge in [0.1, 0.15) is 11.8 Å². The van der Waals surface area contributed by atoms with Crippen LogP contribution in [-0.2, 0) is 42.1 Å². The Bertz CT molecular complexity index is 1450. The first kappa shape index (κ1) is 34.1. The van der Waals surface area contributed by atoms with Gasteiger partial charge in [-0.2, -0.15) is 4.31 Å². The van der Waals surface area contributed by atoms with Crippen molar-refractivity contribution >= 4 is 21.8 Å². The smallest absolute Gasteiger partial charge is 0.261 e. The summed E-state index contributed by atoms with van der Waals surface area (Å²) in [5, 5.41) is 3.00. The minimum Gasteiger partial charge on any atom is -0.484 e. The van der Waals surface area contributed by atoms with Gasteiger partial charge in [0.15, 0.2) is 6.61 Å². The van der Waals surface area contributed by atoms with Gasteiger partial charge < -0.3 is 24.4 Å². The van der Waals surface area contributed by atoms with Crippen LogP contribution in [0.2, 0.25) is 0 Å². The maximum atomic E-state index is 13.8. The average molecular weight is 638 g/mol. The van der Waals surface area contributed by atoms with E-state index < -0.39 is 16.1 Å². The molecule has 11 heteroatoms. The number of hydrogen-bond donors (Lipinski definition) is 1. The summed E-state index contributed by atoms with van der Waals surface area (Å²) in [6.45, 7) is 6.07. The van der Waals surface area contributed by atoms with Crippen LogP contribution in [0.15, 0.2) is 89.8 Å². The molecule has 0 radical (unpaired) electrons. The summed E-state index contributed by atoms with van der Waals surface area (Å²) < 4.78 is 44.1. The van der Waals surface area contributed by atoms with E-state index in [2.05, 4.69) is 5.32 Å². The second-order valence-electron chi connectivity index (χ2n) is 11.1. The van der Waals surface area contributed by atoms with Crippen molar-refractivity contribution in [1.82, 2.24) is 14.5 Å². The van der Waals surface area contributed by atoms with E-state index in [0.717, 1.165) is 11.1 Å². The van der Waals surface area contributed by atoms with Crippen molar-refractivity contribution in [3.8, 4) is 5.75 Å².